The average Bonchev–Trinajstić information content (AvgIpc) is 3.43. The molecule has 37 heavy (non-hydrogen) atoms. The van der Waals surface area contributed by atoms with Gasteiger partial charge < -0.3 is 10.2 Å². The van der Waals surface area contributed by atoms with E-state index in [-0.39, 0.29) is 11.7 Å². The summed E-state index contributed by atoms with van der Waals surface area (Å²) in [6.45, 7) is 9.96. The Morgan fingerprint density at radius 2 is 1.78 bits per heavy atom. The van der Waals surface area contributed by atoms with Crippen LogP contribution in [0.4, 0.5) is 20.2 Å². The topological polar surface area (TPSA) is 85.0 Å². The van der Waals surface area contributed by atoms with Gasteiger partial charge in [-0.1, -0.05) is 13.0 Å². The maximum atomic E-state index is 14.3. The predicted octanol–water partition coefficient (Wildman–Crippen LogP) is 4.85. The highest BCUT2D eigenvalue weighted by Gasteiger charge is 2.27. The predicted molar refractivity (Wildman–Crippen MR) is 139 cm³/mol. The minimum absolute atomic E-state index is 0.155. The van der Waals surface area contributed by atoms with Crippen LogP contribution in [0.1, 0.15) is 49.4 Å². The smallest absolute Gasteiger partial charge is 0.276 e. The van der Waals surface area contributed by atoms with Crippen LogP contribution in [0, 0.1) is 24.5 Å². The Hall–Kier alpha value is -4.08. The molecule has 0 unspecified atom stereocenters. The minimum Gasteiger partial charge on any atom is -0.369 e. The number of aromatic nitrogens is 4. The van der Waals surface area contributed by atoms with Crippen molar-refractivity contribution in [2.24, 2.45) is 5.92 Å². The summed E-state index contributed by atoms with van der Waals surface area (Å²) in [5.74, 6) is -2.02. The molecule has 0 radical (unpaired) electrons. The van der Waals surface area contributed by atoms with E-state index in [4.69, 9.17) is 5.10 Å². The Labute approximate surface area is 212 Å². The number of aryl methyl sites for hydroxylation is 1. The van der Waals surface area contributed by atoms with E-state index in [2.05, 4.69) is 36.1 Å². The first-order chi connectivity index (χ1) is 17.7. The summed E-state index contributed by atoms with van der Waals surface area (Å²) < 4.78 is 31.2. The van der Waals surface area contributed by atoms with Gasteiger partial charge in [0.05, 0.1) is 22.6 Å². The monoisotopic (exact) mass is 506 g/mol. The number of nitrogens with one attached hydrogen (secondary N) is 1. The number of hydrogen-bond acceptors (Lipinski definition) is 5. The molecule has 0 aliphatic carbocycles. The number of rotatable bonds is 5. The zero-order valence-electron chi connectivity index (χ0n) is 21.1. The summed E-state index contributed by atoms with van der Waals surface area (Å²) in [5.41, 5.74) is 1.75. The summed E-state index contributed by atoms with van der Waals surface area (Å²) in [6.07, 6.45) is 1.03. The molecular weight excluding hydrogens is 478 g/mol. The first-order valence-corrected chi connectivity index (χ1v) is 12.3. The van der Waals surface area contributed by atoms with Gasteiger partial charge in [0.2, 0.25) is 0 Å². The van der Waals surface area contributed by atoms with Crippen molar-refractivity contribution in [3.05, 3.63) is 75.8 Å². The number of amides is 1. The highest BCUT2D eigenvalue weighted by Crippen LogP contribution is 2.40. The number of hydrogen-bond donors (Lipinski definition) is 1. The lowest BCUT2D eigenvalue weighted by molar-refractivity contribution is 0.102. The molecule has 1 aliphatic rings. The number of para-hydroxylation sites is 1. The second-order valence-corrected chi connectivity index (χ2v) is 9.81. The zero-order chi connectivity index (χ0) is 26.4. The molecular formula is C27H28F2N6O2. The molecule has 1 fully saturated rings. The number of benzene rings is 2. The quantitative estimate of drug-likeness (QED) is 0.418. The van der Waals surface area contributed by atoms with Crippen LogP contribution < -0.4 is 15.8 Å². The van der Waals surface area contributed by atoms with Crippen LogP contribution in [-0.2, 0) is 0 Å². The Kier molecular flexibility index (Phi) is 6.26. The third kappa shape index (κ3) is 4.36. The van der Waals surface area contributed by atoms with Crippen LogP contribution in [0.25, 0.3) is 16.6 Å². The number of halogens is 2. The van der Waals surface area contributed by atoms with E-state index in [9.17, 15) is 18.4 Å². The number of anilines is 2. The van der Waals surface area contributed by atoms with Gasteiger partial charge in [-0.25, -0.2) is 8.78 Å². The van der Waals surface area contributed by atoms with E-state index in [0.717, 1.165) is 60.0 Å². The van der Waals surface area contributed by atoms with Crippen molar-refractivity contribution in [1.82, 2.24) is 19.6 Å². The van der Waals surface area contributed by atoms with Gasteiger partial charge in [-0.05, 0) is 63.4 Å². The Bertz CT molecular complexity index is 1560. The lowest BCUT2D eigenvalue weighted by Crippen LogP contribution is -2.27. The molecule has 1 N–H and O–H groups in total. The molecule has 0 spiro atoms. The van der Waals surface area contributed by atoms with Crippen molar-refractivity contribution in [2.45, 2.75) is 40.2 Å². The third-order valence-electron chi connectivity index (χ3n) is 6.68. The van der Waals surface area contributed by atoms with Crippen LogP contribution in [0.3, 0.4) is 0 Å². The zero-order valence-corrected chi connectivity index (χ0v) is 21.1. The molecule has 1 amide bonds. The van der Waals surface area contributed by atoms with Crippen LogP contribution in [-0.4, -0.2) is 38.6 Å². The number of carbonyl (C=O) groups excluding carboxylic acids is 1. The van der Waals surface area contributed by atoms with Gasteiger partial charge in [-0.3, -0.25) is 14.3 Å². The molecule has 1 saturated heterocycles. The second-order valence-electron chi connectivity index (χ2n) is 9.81. The first kappa shape index (κ1) is 24.6. The molecule has 10 heteroatoms. The highest BCUT2D eigenvalue weighted by molar-refractivity contribution is 6.09. The van der Waals surface area contributed by atoms with Gasteiger partial charge in [0.1, 0.15) is 11.4 Å². The van der Waals surface area contributed by atoms with Gasteiger partial charge in [0.25, 0.3) is 11.5 Å². The van der Waals surface area contributed by atoms with Gasteiger partial charge in [-0.15, -0.1) is 0 Å². The molecule has 192 valence electrons. The number of nitrogens with zero attached hydrogens (tertiary/aromatic N) is 5. The maximum absolute atomic E-state index is 14.3. The van der Waals surface area contributed by atoms with Gasteiger partial charge in [0.15, 0.2) is 11.6 Å². The molecule has 1 aliphatic heterocycles. The van der Waals surface area contributed by atoms with Crippen LogP contribution in [0.15, 0.2) is 47.3 Å². The number of carbonyl (C=O) groups is 1. The summed E-state index contributed by atoms with van der Waals surface area (Å²) >= 11 is 0. The largest absolute Gasteiger partial charge is 0.369 e. The summed E-state index contributed by atoms with van der Waals surface area (Å²) in [4.78, 5) is 28.0. The maximum Gasteiger partial charge on any atom is 0.276 e. The van der Waals surface area contributed by atoms with Crippen molar-refractivity contribution < 1.29 is 13.6 Å². The molecule has 2 aromatic heterocycles. The van der Waals surface area contributed by atoms with Crippen molar-refractivity contribution in [1.29, 1.82) is 0 Å². The molecule has 3 heterocycles. The van der Waals surface area contributed by atoms with Crippen molar-refractivity contribution >= 4 is 28.2 Å². The highest BCUT2D eigenvalue weighted by atomic mass is 19.1. The van der Waals surface area contributed by atoms with Gasteiger partial charge >= 0.3 is 0 Å². The van der Waals surface area contributed by atoms with Gasteiger partial charge in [-0.2, -0.15) is 14.9 Å². The van der Waals surface area contributed by atoms with E-state index in [1.165, 1.54) is 12.1 Å². The van der Waals surface area contributed by atoms with Gasteiger partial charge in [0, 0.05) is 30.6 Å². The SMILES string of the molecule is Cc1nn(C(C)C)c2ccc(NC(=O)c3ccc(=O)n(-c4c(F)cccc4F)n3)c(N3CC[C@H](C)C3)c12. The molecule has 0 saturated carbocycles. The van der Waals surface area contributed by atoms with Crippen molar-refractivity contribution in [2.75, 3.05) is 23.3 Å². The molecule has 2 aromatic carbocycles. The van der Waals surface area contributed by atoms with Crippen LogP contribution >= 0.6 is 0 Å². The normalized spacial score (nSPS) is 15.6. The lowest BCUT2D eigenvalue weighted by Gasteiger charge is -2.24. The van der Waals surface area contributed by atoms with Crippen molar-refractivity contribution in [3.8, 4) is 5.69 Å². The Balaban J connectivity index is 1.58. The first-order valence-electron chi connectivity index (χ1n) is 12.3. The lowest BCUT2D eigenvalue weighted by atomic mass is 10.1. The van der Waals surface area contributed by atoms with E-state index < -0.39 is 28.8 Å². The van der Waals surface area contributed by atoms with E-state index in [1.54, 1.807) is 0 Å². The fourth-order valence-electron chi connectivity index (χ4n) is 4.92. The molecule has 1 atom stereocenters. The van der Waals surface area contributed by atoms with Crippen LogP contribution in [0.5, 0.6) is 0 Å². The van der Waals surface area contributed by atoms with E-state index >= 15 is 0 Å². The Morgan fingerprint density at radius 1 is 1.05 bits per heavy atom. The summed E-state index contributed by atoms with van der Waals surface area (Å²) in [6, 6.07) is 9.47. The standard InChI is InChI=1S/C27H28F2N6O2/c1-15(2)34-22-10-8-20(26(24(22)17(4)31-34)33-13-12-16(3)14-33)30-27(37)21-9-11-23(36)35(32-21)25-18(28)6-5-7-19(25)29/h5-11,15-16H,12-14H2,1-4H3,(H,30,37)/t16-/m0/s1. The second kappa shape index (κ2) is 9.42. The van der Waals surface area contributed by atoms with E-state index in [1.807, 2.05) is 23.7 Å². The average molecular weight is 507 g/mol. The minimum atomic E-state index is -0.958. The Morgan fingerprint density at radius 3 is 2.43 bits per heavy atom. The summed E-state index contributed by atoms with van der Waals surface area (Å²) in [5, 5.41) is 12.6. The fraction of sp³-hybridized carbons (Fsp3) is 0.333. The van der Waals surface area contributed by atoms with Crippen LogP contribution in [0.2, 0.25) is 0 Å². The molecule has 8 nitrogen and oxygen atoms in total. The van der Waals surface area contributed by atoms with Crippen molar-refractivity contribution in [3.63, 3.8) is 0 Å². The summed E-state index contributed by atoms with van der Waals surface area (Å²) in [7, 11) is 0. The molecule has 5 rings (SSSR count). The fourth-order valence-corrected chi connectivity index (χ4v) is 4.92. The third-order valence-corrected chi connectivity index (χ3v) is 6.68. The molecule has 0 bridgehead atoms. The number of fused-ring (bicyclic) bond motifs is 1. The molecule has 4 aromatic rings. The van der Waals surface area contributed by atoms with E-state index in [0.29, 0.717) is 16.3 Å².